The third-order valence-electron chi connectivity index (χ3n) is 4.33. The molecule has 0 fully saturated rings. The van der Waals surface area contributed by atoms with Crippen LogP contribution in [0, 0.1) is 13.8 Å². The van der Waals surface area contributed by atoms with E-state index < -0.39 is 9.76 Å². The highest BCUT2D eigenvalue weighted by atomic mass is 28.2. The molecule has 128 valence electrons. The predicted molar refractivity (Wildman–Crippen MR) is 104 cm³/mol. The van der Waals surface area contributed by atoms with Crippen molar-refractivity contribution >= 4 is 14.9 Å². The van der Waals surface area contributed by atoms with Crippen molar-refractivity contribution in [1.29, 1.82) is 0 Å². The highest BCUT2D eigenvalue weighted by Gasteiger charge is 2.11. The molecule has 0 aliphatic heterocycles. The number of ether oxygens (including phenoxy) is 1. The number of pyridine rings is 1. The van der Waals surface area contributed by atoms with Gasteiger partial charge in [-0.2, -0.15) is 0 Å². The molecular weight excluding hydrogens is 326 g/mol. The zero-order valence-corrected chi connectivity index (χ0v) is 16.3. The molecule has 4 heteroatoms. The number of nitrogens with zero attached hydrogens (tertiary/aromatic N) is 1. The fraction of sp³-hybridized carbons (Fsp3) is 0.190. The van der Waals surface area contributed by atoms with Gasteiger partial charge in [0.1, 0.15) is 5.75 Å². The van der Waals surface area contributed by atoms with Gasteiger partial charge in [-0.3, -0.25) is 0 Å². The van der Waals surface area contributed by atoms with Crippen molar-refractivity contribution in [2.75, 3.05) is 0 Å². The quantitative estimate of drug-likeness (QED) is 0.631. The van der Waals surface area contributed by atoms with Crippen LogP contribution in [0.1, 0.15) is 29.8 Å². The summed E-state index contributed by atoms with van der Waals surface area (Å²) in [6.45, 7) is 6.35. The van der Waals surface area contributed by atoms with Crippen LogP contribution in [0.25, 0.3) is 0 Å². The van der Waals surface area contributed by atoms with E-state index in [1.165, 1.54) is 16.3 Å². The van der Waals surface area contributed by atoms with Gasteiger partial charge in [-0.25, -0.2) is 4.98 Å². The van der Waals surface area contributed by atoms with E-state index in [1.54, 1.807) is 0 Å². The number of hydrogen-bond acceptors (Lipinski definition) is 3. The minimum Gasteiger partial charge on any atom is -0.439 e. The molecule has 0 bridgehead atoms. The summed E-state index contributed by atoms with van der Waals surface area (Å²) in [6, 6.07) is 21.9. The Bertz CT molecular complexity index is 836. The predicted octanol–water partition coefficient (Wildman–Crippen LogP) is 3.98. The van der Waals surface area contributed by atoms with Gasteiger partial charge in [0.2, 0.25) is 5.88 Å². The van der Waals surface area contributed by atoms with Crippen molar-refractivity contribution in [3.63, 3.8) is 0 Å². The molecule has 2 aromatic carbocycles. The third kappa shape index (κ3) is 4.56. The van der Waals surface area contributed by atoms with Crippen molar-refractivity contribution in [2.24, 2.45) is 0 Å². The first kappa shape index (κ1) is 17.4. The fourth-order valence-electron chi connectivity index (χ4n) is 2.59. The summed E-state index contributed by atoms with van der Waals surface area (Å²) in [5.74, 6) is 1.37. The van der Waals surface area contributed by atoms with Crippen LogP contribution in [0.5, 0.6) is 11.6 Å². The molecule has 0 radical (unpaired) electrons. The second kappa shape index (κ2) is 8.10. The molecule has 0 aliphatic carbocycles. The molecule has 0 saturated carbocycles. The highest BCUT2D eigenvalue weighted by Crippen LogP contribution is 2.22. The van der Waals surface area contributed by atoms with E-state index in [9.17, 15) is 0 Å². The Kier molecular flexibility index (Phi) is 5.63. The molecule has 3 aromatic rings. The number of para-hydroxylation sites is 1. The summed E-state index contributed by atoms with van der Waals surface area (Å²) in [7, 11) is -0.803. The Morgan fingerprint density at radius 3 is 2.44 bits per heavy atom. The smallest absolute Gasteiger partial charge is 0.219 e. The van der Waals surface area contributed by atoms with E-state index in [-0.39, 0.29) is 6.10 Å². The second-order valence-electron chi connectivity index (χ2n) is 6.13. The van der Waals surface area contributed by atoms with Crippen LogP contribution in [-0.2, 0) is 4.43 Å². The summed E-state index contributed by atoms with van der Waals surface area (Å²) >= 11 is 0. The molecule has 3 rings (SSSR count). The van der Waals surface area contributed by atoms with Crippen LogP contribution in [0.3, 0.4) is 0 Å². The molecule has 0 aliphatic rings. The Morgan fingerprint density at radius 2 is 1.64 bits per heavy atom. The van der Waals surface area contributed by atoms with Gasteiger partial charge in [0.15, 0.2) is 9.76 Å². The molecule has 1 aromatic heterocycles. The van der Waals surface area contributed by atoms with Crippen LogP contribution in [-0.4, -0.2) is 14.7 Å². The first-order valence-corrected chi connectivity index (χ1v) is 9.78. The lowest BCUT2D eigenvalue weighted by molar-refractivity contribution is 0.237. The van der Waals surface area contributed by atoms with E-state index in [0.29, 0.717) is 5.88 Å². The van der Waals surface area contributed by atoms with Crippen LogP contribution >= 0.6 is 0 Å². The van der Waals surface area contributed by atoms with Crippen molar-refractivity contribution in [1.82, 2.24) is 4.98 Å². The lowest BCUT2D eigenvalue weighted by Gasteiger charge is -2.15. The van der Waals surface area contributed by atoms with Crippen molar-refractivity contribution < 1.29 is 9.16 Å². The first-order chi connectivity index (χ1) is 12.1. The van der Waals surface area contributed by atoms with Gasteiger partial charge in [-0.05, 0) is 55.3 Å². The Labute approximate surface area is 151 Å². The van der Waals surface area contributed by atoms with E-state index in [2.05, 4.69) is 37.0 Å². The molecule has 1 heterocycles. The monoisotopic (exact) mass is 349 g/mol. The van der Waals surface area contributed by atoms with Crippen molar-refractivity contribution in [3.05, 3.63) is 83.6 Å². The Morgan fingerprint density at radius 1 is 0.880 bits per heavy atom. The lowest BCUT2D eigenvalue weighted by Crippen LogP contribution is -2.22. The molecular formula is C21H23NO2Si. The molecule has 0 amide bonds. The van der Waals surface area contributed by atoms with E-state index in [0.717, 1.165) is 11.4 Å². The standard InChI is InChI=1S/C21H23NO2Si/c1-15-9-7-13-20(16(15)2)25-24-17(3)19-12-8-14-21(22-19)23-18-10-5-4-6-11-18/h4-14,17H,25H2,1-3H3. The molecule has 3 nitrogen and oxygen atoms in total. The van der Waals surface area contributed by atoms with Gasteiger partial charge in [0, 0.05) is 6.07 Å². The fourth-order valence-corrected chi connectivity index (χ4v) is 3.92. The molecule has 1 atom stereocenters. The van der Waals surface area contributed by atoms with E-state index in [4.69, 9.17) is 9.16 Å². The summed E-state index contributed by atoms with van der Waals surface area (Å²) in [5.41, 5.74) is 3.55. The highest BCUT2D eigenvalue weighted by molar-refractivity contribution is 6.47. The number of benzene rings is 2. The van der Waals surface area contributed by atoms with Crippen LogP contribution in [0.4, 0.5) is 0 Å². The number of rotatable bonds is 6. The zero-order chi connectivity index (χ0) is 17.6. The average molecular weight is 350 g/mol. The second-order valence-corrected chi connectivity index (χ2v) is 7.51. The maximum Gasteiger partial charge on any atom is 0.219 e. The molecule has 25 heavy (non-hydrogen) atoms. The lowest BCUT2D eigenvalue weighted by atomic mass is 10.1. The molecule has 0 N–H and O–H groups in total. The summed E-state index contributed by atoms with van der Waals surface area (Å²) in [4.78, 5) is 4.60. The molecule has 0 saturated heterocycles. The van der Waals surface area contributed by atoms with Gasteiger partial charge in [0.25, 0.3) is 0 Å². The van der Waals surface area contributed by atoms with Gasteiger partial charge in [-0.1, -0.05) is 42.5 Å². The maximum absolute atomic E-state index is 6.18. The minimum absolute atomic E-state index is 0.0501. The summed E-state index contributed by atoms with van der Waals surface area (Å²) in [6.07, 6.45) is -0.0501. The van der Waals surface area contributed by atoms with E-state index >= 15 is 0 Å². The van der Waals surface area contributed by atoms with Gasteiger partial charge in [-0.15, -0.1) is 0 Å². The van der Waals surface area contributed by atoms with Crippen molar-refractivity contribution in [2.45, 2.75) is 26.9 Å². The SMILES string of the molecule is Cc1cccc([SiH2]OC(C)c2cccc(Oc3ccccc3)n2)c1C. The summed E-state index contributed by atoms with van der Waals surface area (Å²) in [5, 5.41) is 1.35. The van der Waals surface area contributed by atoms with Crippen LogP contribution in [0.15, 0.2) is 66.7 Å². The number of aromatic nitrogens is 1. The third-order valence-corrected chi connectivity index (χ3v) is 6.08. The van der Waals surface area contributed by atoms with Gasteiger partial charge >= 0.3 is 0 Å². The molecule has 0 spiro atoms. The van der Waals surface area contributed by atoms with Crippen molar-refractivity contribution in [3.8, 4) is 11.6 Å². The minimum atomic E-state index is -0.803. The summed E-state index contributed by atoms with van der Waals surface area (Å²) < 4.78 is 12.0. The van der Waals surface area contributed by atoms with Gasteiger partial charge in [0.05, 0.1) is 11.8 Å². The number of aryl methyl sites for hydroxylation is 1. The first-order valence-electron chi connectivity index (χ1n) is 8.50. The topological polar surface area (TPSA) is 31.4 Å². The Hall–Kier alpha value is -2.43. The average Bonchev–Trinajstić information content (AvgIpc) is 2.64. The van der Waals surface area contributed by atoms with Gasteiger partial charge < -0.3 is 9.16 Å². The van der Waals surface area contributed by atoms with Crippen LogP contribution < -0.4 is 9.92 Å². The zero-order valence-electron chi connectivity index (χ0n) is 14.9. The Balaban J connectivity index is 1.67. The van der Waals surface area contributed by atoms with Crippen LogP contribution in [0.2, 0.25) is 0 Å². The number of hydrogen-bond donors (Lipinski definition) is 0. The molecule has 1 unspecified atom stereocenters. The largest absolute Gasteiger partial charge is 0.439 e. The maximum atomic E-state index is 6.18. The normalized spacial score (nSPS) is 12.4. The van der Waals surface area contributed by atoms with E-state index in [1.807, 2.05) is 55.5 Å².